The van der Waals surface area contributed by atoms with E-state index in [1.165, 1.54) is 11.8 Å². The fourth-order valence-electron chi connectivity index (χ4n) is 1.93. The van der Waals surface area contributed by atoms with Crippen LogP contribution in [0.15, 0.2) is 47.6 Å². The molecule has 24 heavy (non-hydrogen) atoms. The van der Waals surface area contributed by atoms with Crippen LogP contribution in [0.1, 0.15) is 30.9 Å². The van der Waals surface area contributed by atoms with Crippen LogP contribution >= 0.6 is 23.2 Å². The molecule has 0 fully saturated rings. The molecule has 0 heterocycles. The van der Waals surface area contributed by atoms with Gasteiger partial charge in [0, 0.05) is 5.56 Å². The van der Waals surface area contributed by atoms with Crippen molar-refractivity contribution in [2.75, 3.05) is 6.61 Å². The first-order chi connectivity index (χ1) is 11.5. The molecule has 0 saturated carbocycles. The summed E-state index contributed by atoms with van der Waals surface area (Å²) in [5.41, 5.74) is 4.14. The molecule has 1 N–H and O–H groups in total. The number of halogens is 2. The number of carbonyl (C=O) groups excluding carboxylic acids is 1. The Morgan fingerprint density at radius 2 is 1.79 bits per heavy atom. The van der Waals surface area contributed by atoms with Crippen LogP contribution in [-0.4, -0.2) is 18.7 Å². The molecule has 4 nitrogen and oxygen atoms in total. The average Bonchev–Trinajstić information content (AvgIpc) is 2.56. The Hall–Kier alpha value is -2.04. The fraction of sp³-hybridized carbons (Fsp3) is 0.222. The third-order valence-corrected chi connectivity index (χ3v) is 3.96. The van der Waals surface area contributed by atoms with Crippen LogP contribution in [-0.2, 0) is 4.79 Å². The molecule has 126 valence electrons. The Morgan fingerprint density at radius 1 is 1.17 bits per heavy atom. The zero-order valence-electron chi connectivity index (χ0n) is 13.4. The first kappa shape index (κ1) is 18.3. The molecule has 0 spiro atoms. The van der Waals surface area contributed by atoms with Gasteiger partial charge in [-0.1, -0.05) is 55.2 Å². The molecule has 2 aromatic rings. The van der Waals surface area contributed by atoms with Gasteiger partial charge in [0.1, 0.15) is 5.75 Å². The third-order valence-electron chi connectivity index (χ3n) is 3.30. The molecule has 0 radical (unpaired) electrons. The lowest BCUT2D eigenvalue weighted by molar-refractivity contribution is -0.123. The number of nitrogens with one attached hydrogen (secondary N) is 1. The summed E-state index contributed by atoms with van der Waals surface area (Å²) >= 11 is 12.0. The molecule has 0 saturated heterocycles. The van der Waals surface area contributed by atoms with Crippen molar-refractivity contribution in [3.05, 3.63) is 63.6 Å². The van der Waals surface area contributed by atoms with E-state index in [2.05, 4.69) is 24.4 Å². The van der Waals surface area contributed by atoms with Gasteiger partial charge < -0.3 is 4.74 Å². The molecule has 0 unspecified atom stereocenters. The van der Waals surface area contributed by atoms with Crippen molar-refractivity contribution in [3.63, 3.8) is 0 Å². The predicted molar refractivity (Wildman–Crippen MR) is 98.2 cm³/mol. The van der Waals surface area contributed by atoms with Gasteiger partial charge in [0.2, 0.25) is 0 Å². The van der Waals surface area contributed by atoms with Crippen molar-refractivity contribution in [2.45, 2.75) is 19.8 Å². The summed E-state index contributed by atoms with van der Waals surface area (Å²) in [7, 11) is 0. The summed E-state index contributed by atoms with van der Waals surface area (Å²) in [5, 5.41) is 4.76. The van der Waals surface area contributed by atoms with Crippen LogP contribution in [0.4, 0.5) is 0 Å². The van der Waals surface area contributed by atoms with Gasteiger partial charge >= 0.3 is 0 Å². The van der Waals surface area contributed by atoms with Gasteiger partial charge in [0.05, 0.1) is 16.3 Å². The van der Waals surface area contributed by atoms with Crippen molar-refractivity contribution in [1.29, 1.82) is 0 Å². The largest absolute Gasteiger partial charge is 0.484 e. The number of nitrogens with zero attached hydrogens (tertiary/aromatic N) is 1. The van der Waals surface area contributed by atoms with E-state index in [0.717, 1.165) is 0 Å². The van der Waals surface area contributed by atoms with Gasteiger partial charge in [0.25, 0.3) is 5.91 Å². The fourth-order valence-corrected chi connectivity index (χ4v) is 2.43. The van der Waals surface area contributed by atoms with Crippen molar-refractivity contribution in [1.82, 2.24) is 5.43 Å². The van der Waals surface area contributed by atoms with E-state index in [1.807, 2.05) is 24.3 Å². The summed E-state index contributed by atoms with van der Waals surface area (Å²) in [6, 6.07) is 12.8. The Bertz CT molecular complexity index is 708. The van der Waals surface area contributed by atoms with Crippen LogP contribution in [0.3, 0.4) is 0 Å². The van der Waals surface area contributed by atoms with Gasteiger partial charge in [-0.25, -0.2) is 5.43 Å². The maximum atomic E-state index is 11.7. The summed E-state index contributed by atoms with van der Waals surface area (Å²) in [5.74, 6) is 0.711. The van der Waals surface area contributed by atoms with Gasteiger partial charge in [-0.15, -0.1) is 0 Å². The smallest absolute Gasteiger partial charge is 0.277 e. The molecule has 0 bridgehead atoms. The molecule has 2 aromatic carbocycles. The second-order valence-corrected chi connectivity index (χ2v) is 6.26. The van der Waals surface area contributed by atoms with Crippen molar-refractivity contribution < 1.29 is 9.53 Å². The topological polar surface area (TPSA) is 50.7 Å². The summed E-state index contributed by atoms with van der Waals surface area (Å²) in [4.78, 5) is 11.7. The van der Waals surface area contributed by atoms with Gasteiger partial charge in [-0.2, -0.15) is 5.10 Å². The zero-order valence-corrected chi connectivity index (χ0v) is 14.9. The normalized spacial score (nSPS) is 11.0. The molecule has 0 atom stereocenters. The molecule has 2 rings (SSSR count). The number of rotatable bonds is 6. The highest BCUT2D eigenvalue weighted by Gasteiger charge is 2.05. The van der Waals surface area contributed by atoms with Crippen LogP contribution in [0.5, 0.6) is 5.75 Å². The van der Waals surface area contributed by atoms with Crippen molar-refractivity contribution in [2.24, 2.45) is 5.10 Å². The number of hydrogen-bond donors (Lipinski definition) is 1. The molecule has 0 aliphatic carbocycles. The average molecular weight is 365 g/mol. The highest BCUT2D eigenvalue weighted by molar-refractivity contribution is 6.38. The number of amides is 1. The zero-order chi connectivity index (χ0) is 17.5. The van der Waals surface area contributed by atoms with Crippen LogP contribution < -0.4 is 10.2 Å². The van der Waals surface area contributed by atoms with Gasteiger partial charge in [-0.3, -0.25) is 4.79 Å². The minimum atomic E-state index is -0.373. The monoisotopic (exact) mass is 364 g/mol. The second-order valence-electron chi connectivity index (χ2n) is 5.44. The lowest BCUT2D eigenvalue weighted by atomic mass is 10.0. The van der Waals surface area contributed by atoms with Crippen LogP contribution in [0.2, 0.25) is 10.0 Å². The Labute approximate surface area is 151 Å². The number of benzene rings is 2. The van der Waals surface area contributed by atoms with E-state index in [-0.39, 0.29) is 12.5 Å². The summed E-state index contributed by atoms with van der Waals surface area (Å²) in [6.45, 7) is 4.10. The molecular formula is C18H18Cl2N2O2. The maximum absolute atomic E-state index is 11.7. The number of ether oxygens (including phenoxy) is 1. The SMILES string of the molecule is CC(C)c1ccc(OCC(=O)NN=Cc2c(Cl)cccc2Cl)cc1. The van der Waals surface area contributed by atoms with Crippen LogP contribution in [0.25, 0.3) is 0 Å². The van der Waals surface area contributed by atoms with Gasteiger partial charge in [0.15, 0.2) is 6.61 Å². The van der Waals surface area contributed by atoms with E-state index in [9.17, 15) is 4.79 Å². The molecule has 0 aromatic heterocycles. The Kier molecular flexibility index (Phi) is 6.64. The standard InChI is InChI=1S/C18H18Cl2N2O2/c1-12(2)13-6-8-14(9-7-13)24-11-18(23)22-21-10-15-16(19)4-3-5-17(15)20/h3-10,12H,11H2,1-2H3,(H,22,23). The number of hydrogen-bond acceptors (Lipinski definition) is 3. The van der Waals surface area contributed by atoms with Crippen molar-refractivity contribution >= 4 is 35.3 Å². The number of hydrazone groups is 1. The lowest BCUT2D eigenvalue weighted by Gasteiger charge is -2.08. The second kappa shape index (κ2) is 8.71. The minimum absolute atomic E-state index is 0.130. The van der Waals surface area contributed by atoms with E-state index >= 15 is 0 Å². The predicted octanol–water partition coefficient (Wildman–Crippen LogP) is 4.65. The molecule has 1 amide bonds. The lowest BCUT2D eigenvalue weighted by Crippen LogP contribution is -2.24. The first-order valence-corrected chi connectivity index (χ1v) is 8.21. The molecule has 0 aliphatic rings. The maximum Gasteiger partial charge on any atom is 0.277 e. The minimum Gasteiger partial charge on any atom is -0.484 e. The number of carbonyl (C=O) groups is 1. The Balaban J connectivity index is 1.84. The van der Waals surface area contributed by atoms with Crippen molar-refractivity contribution in [3.8, 4) is 5.75 Å². The molecule has 6 heteroatoms. The highest BCUT2D eigenvalue weighted by Crippen LogP contribution is 2.22. The quantitative estimate of drug-likeness (QED) is 0.599. The summed E-state index contributed by atoms with van der Waals surface area (Å²) < 4.78 is 5.41. The van der Waals surface area contributed by atoms with E-state index in [0.29, 0.717) is 27.3 Å². The van der Waals surface area contributed by atoms with E-state index in [1.54, 1.807) is 18.2 Å². The van der Waals surface area contributed by atoms with E-state index in [4.69, 9.17) is 27.9 Å². The van der Waals surface area contributed by atoms with Crippen LogP contribution in [0, 0.1) is 0 Å². The molecule has 0 aliphatic heterocycles. The third kappa shape index (κ3) is 5.25. The summed E-state index contributed by atoms with van der Waals surface area (Å²) in [6.07, 6.45) is 1.40. The van der Waals surface area contributed by atoms with E-state index < -0.39 is 0 Å². The van der Waals surface area contributed by atoms with Gasteiger partial charge in [-0.05, 0) is 35.7 Å². The highest BCUT2D eigenvalue weighted by atomic mass is 35.5. The first-order valence-electron chi connectivity index (χ1n) is 7.46. The Morgan fingerprint density at radius 3 is 2.38 bits per heavy atom. The molecular weight excluding hydrogens is 347 g/mol.